The number of rotatable bonds is 7. The SMILES string of the molecule is CCCCC#CC[C@@H](O)CCSc1ccccc1. The molecule has 0 saturated carbocycles. The molecule has 0 fully saturated rings. The first-order valence-electron chi connectivity index (χ1n) is 6.64. The van der Waals surface area contributed by atoms with Gasteiger partial charge in [0.1, 0.15) is 0 Å². The van der Waals surface area contributed by atoms with Crippen molar-refractivity contribution in [3.8, 4) is 11.8 Å². The number of aliphatic hydroxyl groups excluding tert-OH is 1. The summed E-state index contributed by atoms with van der Waals surface area (Å²) in [6, 6.07) is 10.3. The van der Waals surface area contributed by atoms with Crippen LogP contribution in [-0.2, 0) is 0 Å². The summed E-state index contributed by atoms with van der Waals surface area (Å²) in [7, 11) is 0. The maximum atomic E-state index is 9.77. The van der Waals surface area contributed by atoms with E-state index in [1.54, 1.807) is 11.8 Å². The Morgan fingerprint density at radius 2 is 2.00 bits per heavy atom. The van der Waals surface area contributed by atoms with Gasteiger partial charge < -0.3 is 5.11 Å². The van der Waals surface area contributed by atoms with Crippen LogP contribution in [0.4, 0.5) is 0 Å². The van der Waals surface area contributed by atoms with Crippen molar-refractivity contribution in [2.24, 2.45) is 0 Å². The maximum absolute atomic E-state index is 9.77. The Morgan fingerprint density at radius 3 is 2.72 bits per heavy atom. The zero-order valence-electron chi connectivity index (χ0n) is 11.1. The first kappa shape index (κ1) is 15.1. The Bertz CT molecular complexity index is 364. The van der Waals surface area contributed by atoms with E-state index >= 15 is 0 Å². The maximum Gasteiger partial charge on any atom is 0.0657 e. The first-order chi connectivity index (χ1) is 8.83. The van der Waals surface area contributed by atoms with Gasteiger partial charge in [0.15, 0.2) is 0 Å². The highest BCUT2D eigenvalue weighted by Gasteiger charge is 2.02. The summed E-state index contributed by atoms with van der Waals surface area (Å²) in [5.74, 6) is 7.11. The summed E-state index contributed by atoms with van der Waals surface area (Å²) in [5, 5.41) is 9.77. The Balaban J connectivity index is 2.09. The molecule has 1 nitrogen and oxygen atoms in total. The van der Waals surface area contributed by atoms with Crippen LogP contribution in [-0.4, -0.2) is 17.0 Å². The molecule has 0 bridgehead atoms. The Kier molecular flexibility index (Phi) is 8.46. The molecular formula is C16H22OS. The van der Waals surface area contributed by atoms with Gasteiger partial charge in [0, 0.05) is 23.5 Å². The summed E-state index contributed by atoms with van der Waals surface area (Å²) in [6.07, 6.45) is 4.44. The number of aliphatic hydroxyl groups is 1. The van der Waals surface area contributed by atoms with Crippen molar-refractivity contribution >= 4 is 11.8 Å². The zero-order valence-corrected chi connectivity index (χ0v) is 11.9. The fourth-order valence-corrected chi connectivity index (χ4v) is 2.45. The van der Waals surface area contributed by atoms with E-state index in [2.05, 4.69) is 30.9 Å². The molecular weight excluding hydrogens is 240 g/mol. The van der Waals surface area contributed by atoms with Crippen molar-refractivity contribution in [3.05, 3.63) is 30.3 Å². The second-order valence-corrected chi connectivity index (χ2v) is 5.43. The molecule has 1 rings (SSSR count). The minimum Gasteiger partial charge on any atom is -0.392 e. The molecule has 1 aromatic rings. The second kappa shape index (κ2) is 10.1. The molecule has 0 radical (unpaired) electrons. The van der Waals surface area contributed by atoms with Gasteiger partial charge >= 0.3 is 0 Å². The molecule has 1 aromatic carbocycles. The molecule has 0 aliphatic rings. The van der Waals surface area contributed by atoms with Crippen LogP contribution in [0.2, 0.25) is 0 Å². The summed E-state index contributed by atoms with van der Waals surface area (Å²) in [4.78, 5) is 1.26. The van der Waals surface area contributed by atoms with E-state index < -0.39 is 0 Å². The van der Waals surface area contributed by atoms with Crippen LogP contribution >= 0.6 is 11.8 Å². The average molecular weight is 262 g/mol. The lowest BCUT2D eigenvalue weighted by molar-refractivity contribution is 0.177. The minimum absolute atomic E-state index is 0.282. The van der Waals surface area contributed by atoms with Crippen LogP contribution in [0.5, 0.6) is 0 Å². The Labute approximate surface area is 115 Å². The highest BCUT2D eigenvalue weighted by atomic mass is 32.2. The summed E-state index contributed by atoms with van der Waals surface area (Å²) in [6.45, 7) is 2.16. The summed E-state index contributed by atoms with van der Waals surface area (Å²) >= 11 is 1.79. The highest BCUT2D eigenvalue weighted by molar-refractivity contribution is 7.99. The second-order valence-electron chi connectivity index (χ2n) is 4.27. The van der Waals surface area contributed by atoms with Gasteiger partial charge in [-0.05, 0) is 25.0 Å². The van der Waals surface area contributed by atoms with Gasteiger partial charge in [0.05, 0.1) is 6.10 Å². The predicted octanol–water partition coefficient (Wildman–Crippen LogP) is 4.11. The third-order valence-electron chi connectivity index (χ3n) is 2.58. The van der Waals surface area contributed by atoms with Crippen LogP contribution in [0.1, 0.15) is 39.0 Å². The van der Waals surface area contributed by atoms with Crippen LogP contribution in [0.3, 0.4) is 0 Å². The van der Waals surface area contributed by atoms with E-state index in [0.29, 0.717) is 6.42 Å². The van der Waals surface area contributed by atoms with Crippen LogP contribution in [0.25, 0.3) is 0 Å². The highest BCUT2D eigenvalue weighted by Crippen LogP contribution is 2.18. The van der Waals surface area contributed by atoms with E-state index in [4.69, 9.17) is 0 Å². The normalized spacial score (nSPS) is 11.7. The summed E-state index contributed by atoms with van der Waals surface area (Å²) < 4.78 is 0. The van der Waals surface area contributed by atoms with Gasteiger partial charge in [-0.25, -0.2) is 0 Å². The lowest BCUT2D eigenvalue weighted by Crippen LogP contribution is -2.06. The number of hydrogen-bond donors (Lipinski definition) is 1. The standard InChI is InChI=1S/C16H22OS/c1-2-3-4-5-7-10-15(17)13-14-18-16-11-8-6-9-12-16/h6,8-9,11-12,15,17H,2-4,10,13-14H2,1H3/t15-/m1/s1. The lowest BCUT2D eigenvalue weighted by Gasteiger charge is -2.06. The van der Waals surface area contributed by atoms with Crippen molar-refractivity contribution in [2.75, 3.05) is 5.75 Å². The van der Waals surface area contributed by atoms with Crippen LogP contribution < -0.4 is 0 Å². The van der Waals surface area contributed by atoms with Gasteiger partial charge in [-0.1, -0.05) is 31.5 Å². The molecule has 0 aliphatic heterocycles. The van der Waals surface area contributed by atoms with Gasteiger partial charge in [0.2, 0.25) is 0 Å². The van der Waals surface area contributed by atoms with Gasteiger partial charge in [-0.2, -0.15) is 0 Å². The zero-order chi connectivity index (χ0) is 13.1. The average Bonchev–Trinajstić information content (AvgIpc) is 2.40. The van der Waals surface area contributed by atoms with Crippen molar-refractivity contribution in [1.82, 2.24) is 0 Å². The van der Waals surface area contributed by atoms with E-state index in [9.17, 15) is 5.11 Å². The van der Waals surface area contributed by atoms with E-state index in [-0.39, 0.29) is 6.10 Å². The molecule has 0 aliphatic carbocycles. The molecule has 0 amide bonds. The van der Waals surface area contributed by atoms with E-state index in [1.165, 1.54) is 11.3 Å². The van der Waals surface area contributed by atoms with Crippen LogP contribution in [0, 0.1) is 11.8 Å². The summed E-state index contributed by atoms with van der Waals surface area (Å²) in [5.41, 5.74) is 0. The Hall–Kier alpha value is -0.910. The molecule has 0 aromatic heterocycles. The number of unbranched alkanes of at least 4 members (excludes halogenated alkanes) is 2. The molecule has 2 heteroatoms. The number of thioether (sulfide) groups is 1. The van der Waals surface area contributed by atoms with Gasteiger partial charge in [-0.15, -0.1) is 23.6 Å². The number of hydrogen-bond acceptors (Lipinski definition) is 2. The molecule has 0 unspecified atom stereocenters. The Morgan fingerprint density at radius 1 is 1.22 bits per heavy atom. The molecule has 0 saturated heterocycles. The van der Waals surface area contributed by atoms with E-state index in [0.717, 1.165) is 25.0 Å². The van der Waals surface area contributed by atoms with E-state index in [1.807, 2.05) is 18.2 Å². The third-order valence-corrected chi connectivity index (χ3v) is 3.63. The largest absolute Gasteiger partial charge is 0.392 e. The monoisotopic (exact) mass is 262 g/mol. The molecule has 1 atom stereocenters. The predicted molar refractivity (Wildman–Crippen MR) is 79.7 cm³/mol. The molecule has 1 N–H and O–H groups in total. The topological polar surface area (TPSA) is 20.2 Å². The van der Waals surface area contributed by atoms with Crippen molar-refractivity contribution in [3.63, 3.8) is 0 Å². The van der Waals surface area contributed by atoms with Crippen molar-refractivity contribution in [2.45, 2.75) is 50.0 Å². The first-order valence-corrected chi connectivity index (χ1v) is 7.63. The molecule has 18 heavy (non-hydrogen) atoms. The number of benzene rings is 1. The fraction of sp³-hybridized carbons (Fsp3) is 0.500. The lowest BCUT2D eigenvalue weighted by atomic mass is 10.2. The fourth-order valence-electron chi connectivity index (χ4n) is 1.48. The quantitative estimate of drug-likeness (QED) is 0.453. The van der Waals surface area contributed by atoms with Gasteiger partial charge in [-0.3, -0.25) is 0 Å². The van der Waals surface area contributed by atoms with Crippen LogP contribution in [0.15, 0.2) is 35.2 Å². The van der Waals surface area contributed by atoms with Crippen molar-refractivity contribution in [1.29, 1.82) is 0 Å². The van der Waals surface area contributed by atoms with Gasteiger partial charge in [0.25, 0.3) is 0 Å². The molecule has 98 valence electrons. The minimum atomic E-state index is -0.282. The van der Waals surface area contributed by atoms with Crippen molar-refractivity contribution < 1.29 is 5.11 Å². The smallest absolute Gasteiger partial charge is 0.0657 e. The third kappa shape index (κ3) is 7.42. The molecule has 0 heterocycles. The molecule has 0 spiro atoms.